The van der Waals surface area contributed by atoms with Crippen molar-refractivity contribution < 1.29 is 4.79 Å². The van der Waals surface area contributed by atoms with Crippen LogP contribution in [-0.4, -0.2) is 29.7 Å². The number of nitrogens with zero attached hydrogens (tertiary/aromatic N) is 1. The van der Waals surface area contributed by atoms with Crippen LogP contribution in [0.1, 0.15) is 64.2 Å². The maximum atomic E-state index is 12.3. The van der Waals surface area contributed by atoms with Crippen LogP contribution in [0, 0.1) is 5.92 Å². The van der Waals surface area contributed by atoms with Crippen LogP contribution in [0.5, 0.6) is 0 Å². The number of amides is 1. The first kappa shape index (κ1) is 16.0. The van der Waals surface area contributed by atoms with Crippen LogP contribution in [0.25, 0.3) is 0 Å². The molecule has 0 unspecified atom stereocenters. The maximum Gasteiger partial charge on any atom is 0.225 e. The van der Waals surface area contributed by atoms with Gasteiger partial charge < -0.3 is 4.90 Å². The molecule has 0 aromatic rings. The Kier molecular flexibility index (Phi) is 8.74. The molecule has 1 fully saturated rings. The number of carbonyl (C=O) groups excluding carboxylic acids is 1. The highest BCUT2D eigenvalue weighted by atomic mass is 79.9. The van der Waals surface area contributed by atoms with Gasteiger partial charge in [0.15, 0.2) is 0 Å². The number of halogens is 1. The van der Waals surface area contributed by atoms with Crippen molar-refractivity contribution in [1.29, 1.82) is 0 Å². The number of hydrogen-bond donors (Lipinski definition) is 0. The molecule has 1 aliphatic rings. The van der Waals surface area contributed by atoms with Gasteiger partial charge in [-0.05, 0) is 25.7 Å². The molecule has 0 aliphatic heterocycles. The van der Waals surface area contributed by atoms with E-state index < -0.39 is 0 Å². The molecule has 0 heterocycles. The zero-order chi connectivity index (χ0) is 13.2. The SMILES string of the molecule is CN(CCCCCBr)C(=O)C1CCCCCCC1. The first-order chi connectivity index (χ1) is 8.75. The van der Waals surface area contributed by atoms with E-state index in [1.54, 1.807) is 0 Å². The van der Waals surface area contributed by atoms with Crippen molar-refractivity contribution in [2.24, 2.45) is 5.92 Å². The first-order valence-corrected chi connectivity index (χ1v) is 8.69. The van der Waals surface area contributed by atoms with Crippen LogP contribution < -0.4 is 0 Å². The van der Waals surface area contributed by atoms with Gasteiger partial charge in [-0.2, -0.15) is 0 Å². The van der Waals surface area contributed by atoms with E-state index in [-0.39, 0.29) is 0 Å². The summed E-state index contributed by atoms with van der Waals surface area (Å²) >= 11 is 3.44. The summed E-state index contributed by atoms with van der Waals surface area (Å²) in [4.78, 5) is 14.3. The van der Waals surface area contributed by atoms with E-state index in [0.717, 1.165) is 31.1 Å². The summed E-state index contributed by atoms with van der Waals surface area (Å²) in [6.07, 6.45) is 12.3. The third kappa shape index (κ3) is 6.21. The van der Waals surface area contributed by atoms with E-state index in [0.29, 0.717) is 11.8 Å². The zero-order valence-corrected chi connectivity index (χ0v) is 13.4. The van der Waals surface area contributed by atoms with Gasteiger partial charge >= 0.3 is 0 Å². The molecule has 1 rings (SSSR count). The smallest absolute Gasteiger partial charge is 0.225 e. The van der Waals surface area contributed by atoms with E-state index >= 15 is 0 Å². The zero-order valence-electron chi connectivity index (χ0n) is 11.8. The highest BCUT2D eigenvalue weighted by molar-refractivity contribution is 9.09. The number of unbranched alkanes of at least 4 members (excludes halogenated alkanes) is 2. The predicted octanol–water partition coefficient (Wildman–Crippen LogP) is 4.37. The minimum Gasteiger partial charge on any atom is -0.346 e. The van der Waals surface area contributed by atoms with Gasteiger partial charge in [0.05, 0.1) is 0 Å². The molecular weight excluding hydrogens is 290 g/mol. The number of hydrogen-bond acceptors (Lipinski definition) is 1. The van der Waals surface area contributed by atoms with E-state index in [1.165, 1.54) is 44.9 Å². The Morgan fingerprint density at radius 3 is 2.28 bits per heavy atom. The van der Waals surface area contributed by atoms with Crippen molar-refractivity contribution in [2.45, 2.75) is 64.2 Å². The second kappa shape index (κ2) is 9.82. The molecule has 0 N–H and O–H groups in total. The molecule has 0 atom stereocenters. The Balaban J connectivity index is 2.26. The van der Waals surface area contributed by atoms with Crippen LogP contribution in [0.3, 0.4) is 0 Å². The number of carbonyl (C=O) groups is 1. The third-order valence-electron chi connectivity index (χ3n) is 3.96. The lowest BCUT2D eigenvalue weighted by Crippen LogP contribution is -2.34. The summed E-state index contributed by atoms with van der Waals surface area (Å²) in [5, 5.41) is 1.08. The van der Waals surface area contributed by atoms with Crippen molar-refractivity contribution in [3.05, 3.63) is 0 Å². The van der Waals surface area contributed by atoms with Crippen LogP contribution in [0.15, 0.2) is 0 Å². The first-order valence-electron chi connectivity index (χ1n) is 7.56. The lowest BCUT2D eigenvalue weighted by atomic mass is 9.90. The number of rotatable bonds is 6. The van der Waals surface area contributed by atoms with Gasteiger partial charge in [-0.15, -0.1) is 0 Å². The van der Waals surface area contributed by atoms with Gasteiger partial charge in [-0.1, -0.05) is 54.5 Å². The lowest BCUT2D eigenvalue weighted by molar-refractivity contribution is -0.134. The maximum absolute atomic E-state index is 12.3. The van der Waals surface area contributed by atoms with E-state index in [4.69, 9.17) is 0 Å². The van der Waals surface area contributed by atoms with Crippen molar-refractivity contribution in [3.63, 3.8) is 0 Å². The van der Waals surface area contributed by atoms with Gasteiger partial charge in [0.1, 0.15) is 0 Å². The molecule has 0 radical (unpaired) electrons. The fourth-order valence-electron chi connectivity index (χ4n) is 2.75. The Morgan fingerprint density at radius 2 is 1.67 bits per heavy atom. The van der Waals surface area contributed by atoms with Gasteiger partial charge in [0, 0.05) is 24.8 Å². The molecule has 106 valence electrons. The molecule has 0 aromatic carbocycles. The summed E-state index contributed by atoms with van der Waals surface area (Å²) < 4.78 is 0. The Labute approximate surface area is 121 Å². The van der Waals surface area contributed by atoms with Crippen molar-refractivity contribution >= 4 is 21.8 Å². The Morgan fingerprint density at radius 1 is 1.06 bits per heavy atom. The third-order valence-corrected chi connectivity index (χ3v) is 4.52. The van der Waals surface area contributed by atoms with Crippen molar-refractivity contribution in [2.75, 3.05) is 18.9 Å². The predicted molar refractivity (Wildman–Crippen MR) is 81.1 cm³/mol. The molecule has 1 aliphatic carbocycles. The molecule has 1 saturated carbocycles. The summed E-state index contributed by atoms with van der Waals surface area (Å²) in [6, 6.07) is 0. The van der Waals surface area contributed by atoms with Gasteiger partial charge in [0.25, 0.3) is 0 Å². The normalized spacial score (nSPS) is 18.1. The topological polar surface area (TPSA) is 20.3 Å². The lowest BCUT2D eigenvalue weighted by Gasteiger charge is -2.25. The van der Waals surface area contributed by atoms with Gasteiger partial charge in [-0.25, -0.2) is 0 Å². The van der Waals surface area contributed by atoms with Gasteiger partial charge in [-0.3, -0.25) is 4.79 Å². The Hall–Kier alpha value is -0.0500. The largest absolute Gasteiger partial charge is 0.346 e. The minimum absolute atomic E-state index is 0.312. The monoisotopic (exact) mass is 317 g/mol. The molecule has 3 heteroatoms. The molecule has 0 bridgehead atoms. The molecular formula is C15H28BrNO. The quantitative estimate of drug-likeness (QED) is 0.526. The molecule has 0 aromatic heterocycles. The van der Waals surface area contributed by atoms with E-state index in [9.17, 15) is 4.79 Å². The summed E-state index contributed by atoms with van der Waals surface area (Å²) in [5.74, 6) is 0.710. The highest BCUT2D eigenvalue weighted by Gasteiger charge is 2.21. The summed E-state index contributed by atoms with van der Waals surface area (Å²) in [7, 11) is 1.98. The average molecular weight is 318 g/mol. The number of alkyl halides is 1. The van der Waals surface area contributed by atoms with Gasteiger partial charge in [0.2, 0.25) is 5.91 Å². The second-order valence-electron chi connectivity index (χ2n) is 5.55. The standard InChI is InChI=1S/C15H28BrNO/c1-17(13-9-5-8-12-16)15(18)14-10-6-3-2-4-7-11-14/h14H,2-13H2,1H3. The molecule has 1 amide bonds. The summed E-state index contributed by atoms with van der Waals surface area (Å²) in [6.45, 7) is 0.933. The second-order valence-corrected chi connectivity index (χ2v) is 6.34. The van der Waals surface area contributed by atoms with Crippen LogP contribution >= 0.6 is 15.9 Å². The fraction of sp³-hybridized carbons (Fsp3) is 0.933. The van der Waals surface area contributed by atoms with Crippen molar-refractivity contribution in [3.8, 4) is 0 Å². The molecule has 0 saturated heterocycles. The summed E-state index contributed by atoms with van der Waals surface area (Å²) in [5.41, 5.74) is 0. The minimum atomic E-state index is 0.312. The molecule has 0 spiro atoms. The fourth-order valence-corrected chi connectivity index (χ4v) is 3.14. The Bertz CT molecular complexity index is 225. The van der Waals surface area contributed by atoms with Crippen LogP contribution in [-0.2, 0) is 4.79 Å². The molecule has 2 nitrogen and oxygen atoms in total. The van der Waals surface area contributed by atoms with Crippen LogP contribution in [0.4, 0.5) is 0 Å². The average Bonchev–Trinajstić information content (AvgIpc) is 2.33. The highest BCUT2D eigenvalue weighted by Crippen LogP contribution is 2.23. The van der Waals surface area contributed by atoms with E-state index in [1.807, 2.05) is 11.9 Å². The van der Waals surface area contributed by atoms with E-state index in [2.05, 4.69) is 15.9 Å². The molecule has 18 heavy (non-hydrogen) atoms. The van der Waals surface area contributed by atoms with Crippen LogP contribution in [0.2, 0.25) is 0 Å². The van der Waals surface area contributed by atoms with Crippen molar-refractivity contribution in [1.82, 2.24) is 4.90 Å².